The van der Waals surface area contributed by atoms with Crippen LogP contribution in [-0.2, 0) is 16.6 Å². The second-order valence-corrected chi connectivity index (χ2v) is 7.55. The van der Waals surface area contributed by atoms with E-state index in [9.17, 15) is 21.6 Å². The molecule has 1 aromatic heterocycles. The molecule has 0 aromatic carbocycles. The number of thiophene rings is 1. The third-order valence-electron chi connectivity index (χ3n) is 2.92. The quantitative estimate of drug-likeness (QED) is 0.865. The Labute approximate surface area is 118 Å². The average molecular weight is 327 g/mol. The van der Waals surface area contributed by atoms with Gasteiger partial charge in [0.15, 0.2) is 0 Å². The van der Waals surface area contributed by atoms with Gasteiger partial charge in [-0.3, -0.25) is 0 Å². The molecule has 4 nitrogen and oxygen atoms in total. The second-order valence-electron chi connectivity index (χ2n) is 4.22. The molecule has 0 spiro atoms. The maximum Gasteiger partial charge on any atom is 0.412 e. The summed E-state index contributed by atoms with van der Waals surface area (Å²) >= 11 is 0.917. The van der Waals surface area contributed by atoms with E-state index in [0.717, 1.165) is 21.7 Å². The van der Waals surface area contributed by atoms with Crippen LogP contribution in [0.5, 0.6) is 0 Å². The molecule has 0 atom stereocenters. The van der Waals surface area contributed by atoms with Gasteiger partial charge in [-0.05, 0) is 18.6 Å². The molecule has 0 saturated carbocycles. The maximum absolute atomic E-state index is 12.5. The third-order valence-corrected chi connectivity index (χ3v) is 6.33. The minimum absolute atomic E-state index is 0.0328. The van der Waals surface area contributed by atoms with Crippen LogP contribution in [0, 0.1) is 0 Å². The molecule has 20 heavy (non-hydrogen) atoms. The van der Waals surface area contributed by atoms with Crippen molar-refractivity contribution in [2.24, 2.45) is 0 Å². The predicted octanol–water partition coefficient (Wildman–Crippen LogP) is 2.12. The normalized spacial score (nSPS) is 18.1. The van der Waals surface area contributed by atoms with Crippen molar-refractivity contribution in [2.45, 2.75) is 23.4 Å². The van der Waals surface area contributed by atoms with Crippen molar-refractivity contribution < 1.29 is 26.7 Å². The fourth-order valence-electron chi connectivity index (χ4n) is 1.84. The molecule has 1 aliphatic heterocycles. The van der Waals surface area contributed by atoms with Crippen molar-refractivity contribution in [2.75, 3.05) is 13.1 Å². The molecule has 0 saturated heterocycles. The van der Waals surface area contributed by atoms with Gasteiger partial charge in [-0.1, -0.05) is 6.08 Å². The summed E-state index contributed by atoms with van der Waals surface area (Å²) in [6.07, 6.45) is -3.84. The summed E-state index contributed by atoms with van der Waals surface area (Å²) in [5.74, 6) is 0. The molecular weight excluding hydrogens is 315 g/mol. The topological polar surface area (TPSA) is 57.6 Å². The first-order valence-corrected chi connectivity index (χ1v) is 7.97. The first-order valence-electron chi connectivity index (χ1n) is 5.71. The summed E-state index contributed by atoms with van der Waals surface area (Å²) < 4.78 is 62.9. The van der Waals surface area contributed by atoms with Crippen molar-refractivity contribution in [3.63, 3.8) is 0 Å². The molecule has 2 heterocycles. The summed E-state index contributed by atoms with van der Waals surface area (Å²) in [4.78, 5) is 0.493. The average Bonchev–Trinajstić information content (AvgIpc) is 2.87. The van der Waals surface area contributed by atoms with Gasteiger partial charge >= 0.3 is 6.18 Å². The highest BCUT2D eigenvalue weighted by Gasteiger charge is 2.37. The Hall–Kier alpha value is -0.900. The number of halogens is 3. The third kappa shape index (κ3) is 3.05. The van der Waals surface area contributed by atoms with Gasteiger partial charge in [-0.2, -0.15) is 17.5 Å². The van der Waals surface area contributed by atoms with Crippen LogP contribution in [0.3, 0.4) is 0 Å². The van der Waals surface area contributed by atoms with Gasteiger partial charge < -0.3 is 5.11 Å². The monoisotopic (exact) mass is 327 g/mol. The molecule has 112 valence electrons. The van der Waals surface area contributed by atoms with Crippen LogP contribution in [0.1, 0.15) is 11.3 Å². The van der Waals surface area contributed by atoms with Gasteiger partial charge in [-0.25, -0.2) is 8.42 Å². The molecule has 0 aliphatic carbocycles. The lowest BCUT2D eigenvalue weighted by atomic mass is 10.1. The van der Waals surface area contributed by atoms with E-state index in [1.165, 1.54) is 12.1 Å². The highest BCUT2D eigenvalue weighted by molar-refractivity contribution is 7.91. The van der Waals surface area contributed by atoms with Crippen LogP contribution < -0.4 is 0 Å². The zero-order valence-electron chi connectivity index (χ0n) is 10.2. The number of hydrogen-bond acceptors (Lipinski definition) is 4. The van der Waals surface area contributed by atoms with E-state index in [-0.39, 0.29) is 30.3 Å². The van der Waals surface area contributed by atoms with E-state index in [2.05, 4.69) is 0 Å². The molecule has 0 bridgehead atoms. The van der Waals surface area contributed by atoms with Crippen molar-refractivity contribution in [1.29, 1.82) is 0 Å². The highest BCUT2D eigenvalue weighted by atomic mass is 32.2. The molecule has 0 unspecified atom stereocenters. The Kier molecular flexibility index (Phi) is 4.24. The number of sulfonamides is 1. The fourth-order valence-corrected chi connectivity index (χ4v) is 4.59. The minimum atomic E-state index is -4.40. The molecule has 0 fully saturated rings. The Morgan fingerprint density at radius 1 is 1.35 bits per heavy atom. The summed E-state index contributed by atoms with van der Waals surface area (Å²) in [6, 6.07) is 2.84. The standard InChI is InChI=1S/C11H12F3NO3S2/c12-11(13,14)8-3-5-15(6-4-8)20(17,18)10-2-1-9(7-16)19-10/h1-3,16H,4-7H2. The number of aliphatic hydroxyl groups is 1. The first kappa shape index (κ1) is 15.5. The number of hydrogen-bond donors (Lipinski definition) is 1. The minimum Gasteiger partial charge on any atom is -0.391 e. The van der Waals surface area contributed by atoms with Crippen LogP contribution in [0.4, 0.5) is 13.2 Å². The van der Waals surface area contributed by atoms with E-state index in [1.807, 2.05) is 0 Å². The van der Waals surface area contributed by atoms with Crippen molar-refractivity contribution in [1.82, 2.24) is 4.31 Å². The van der Waals surface area contributed by atoms with Gasteiger partial charge in [0, 0.05) is 23.5 Å². The second kappa shape index (κ2) is 5.47. The van der Waals surface area contributed by atoms with Crippen LogP contribution in [0.15, 0.2) is 28.0 Å². The van der Waals surface area contributed by atoms with Crippen LogP contribution in [0.25, 0.3) is 0 Å². The lowest BCUT2D eigenvalue weighted by molar-refractivity contribution is -0.0953. The van der Waals surface area contributed by atoms with Crippen LogP contribution in [0.2, 0.25) is 0 Å². The summed E-state index contributed by atoms with van der Waals surface area (Å²) in [5.41, 5.74) is -0.689. The van der Waals surface area contributed by atoms with Gasteiger partial charge in [0.2, 0.25) is 0 Å². The zero-order valence-corrected chi connectivity index (χ0v) is 11.9. The number of nitrogens with zero attached hydrogens (tertiary/aromatic N) is 1. The van der Waals surface area contributed by atoms with Crippen molar-refractivity contribution >= 4 is 21.4 Å². The fraction of sp³-hybridized carbons (Fsp3) is 0.455. The van der Waals surface area contributed by atoms with Gasteiger partial charge in [-0.15, -0.1) is 11.3 Å². The van der Waals surface area contributed by atoms with Crippen LogP contribution >= 0.6 is 11.3 Å². The first-order chi connectivity index (χ1) is 9.25. The Morgan fingerprint density at radius 3 is 2.50 bits per heavy atom. The molecule has 1 aliphatic rings. The van der Waals surface area contributed by atoms with E-state index in [4.69, 9.17) is 5.11 Å². The smallest absolute Gasteiger partial charge is 0.391 e. The van der Waals surface area contributed by atoms with E-state index >= 15 is 0 Å². The van der Waals surface area contributed by atoms with Gasteiger partial charge in [0.1, 0.15) is 4.21 Å². The Bertz CT molecular complexity index is 619. The summed E-state index contributed by atoms with van der Waals surface area (Å²) in [5, 5.41) is 8.92. The van der Waals surface area contributed by atoms with E-state index in [0.29, 0.717) is 4.88 Å². The van der Waals surface area contributed by atoms with E-state index in [1.54, 1.807) is 0 Å². The number of aliphatic hydroxyl groups excluding tert-OH is 1. The van der Waals surface area contributed by atoms with E-state index < -0.39 is 21.8 Å². The molecule has 2 rings (SSSR count). The van der Waals surface area contributed by atoms with Crippen LogP contribution in [-0.4, -0.2) is 37.1 Å². The molecule has 0 radical (unpaired) electrons. The predicted molar refractivity (Wildman–Crippen MR) is 67.8 cm³/mol. The Morgan fingerprint density at radius 2 is 2.05 bits per heavy atom. The largest absolute Gasteiger partial charge is 0.412 e. The molecular formula is C11H12F3NO3S2. The molecule has 1 N–H and O–H groups in total. The number of alkyl halides is 3. The van der Waals surface area contributed by atoms with Crippen molar-refractivity contribution in [3.8, 4) is 0 Å². The lowest BCUT2D eigenvalue weighted by Gasteiger charge is -2.26. The zero-order chi connectivity index (χ0) is 15.0. The lowest BCUT2D eigenvalue weighted by Crippen LogP contribution is -2.36. The Balaban J connectivity index is 2.19. The summed E-state index contributed by atoms with van der Waals surface area (Å²) in [7, 11) is -3.79. The SMILES string of the molecule is O=S(=O)(c1ccc(CO)s1)N1CC=C(C(F)(F)F)CC1. The maximum atomic E-state index is 12.5. The molecule has 1 aromatic rings. The molecule has 9 heteroatoms. The highest BCUT2D eigenvalue weighted by Crippen LogP contribution is 2.32. The summed E-state index contributed by atoms with van der Waals surface area (Å²) in [6.45, 7) is -0.748. The van der Waals surface area contributed by atoms with Gasteiger partial charge in [0.05, 0.1) is 6.61 Å². The van der Waals surface area contributed by atoms with Gasteiger partial charge in [0.25, 0.3) is 10.0 Å². The molecule has 0 amide bonds. The number of rotatable bonds is 3. The van der Waals surface area contributed by atoms with Crippen molar-refractivity contribution in [3.05, 3.63) is 28.7 Å².